The van der Waals surface area contributed by atoms with Gasteiger partial charge in [-0.1, -0.05) is 11.6 Å². The number of methoxy groups -OCH3 is 1. The summed E-state index contributed by atoms with van der Waals surface area (Å²) in [5.74, 6) is -0.134. The number of morpholine rings is 1. The molecule has 10 nitrogen and oxygen atoms in total. The molecule has 1 aliphatic heterocycles. The van der Waals surface area contributed by atoms with Crippen LogP contribution in [-0.4, -0.2) is 61.6 Å². The minimum absolute atomic E-state index is 0.00999. The van der Waals surface area contributed by atoms with Gasteiger partial charge in [-0.3, -0.25) is 14.2 Å². The van der Waals surface area contributed by atoms with E-state index in [0.29, 0.717) is 26.2 Å². The summed E-state index contributed by atoms with van der Waals surface area (Å²) in [7, 11) is -2.48. The molecule has 1 aliphatic rings. The van der Waals surface area contributed by atoms with Crippen LogP contribution in [0.3, 0.4) is 0 Å². The smallest absolute Gasteiger partial charge is 0.263 e. The van der Waals surface area contributed by atoms with Crippen molar-refractivity contribution in [1.29, 1.82) is 0 Å². The number of benzene rings is 1. The minimum Gasteiger partial charge on any atom is -0.495 e. The van der Waals surface area contributed by atoms with Crippen LogP contribution in [0.2, 0.25) is 5.02 Å². The number of halogens is 1. The number of thiophene rings is 1. The van der Waals surface area contributed by atoms with Gasteiger partial charge in [-0.05, 0) is 25.5 Å². The summed E-state index contributed by atoms with van der Waals surface area (Å²) < 4.78 is 39.6. The lowest BCUT2D eigenvalue weighted by Gasteiger charge is -2.26. The standard InChI is InChI=1S/C21H23ClN4O6S2/c1-12-8-15(16(31-3)9-14(12)22)24-17(27)10-25-11-23-20-18(21(25)28)19(13(2)33-20)34(29,30)26-4-6-32-7-5-26/h8-9,11H,4-7,10H2,1-3H3,(H,24,27). The summed E-state index contributed by atoms with van der Waals surface area (Å²) in [6, 6.07) is 3.25. The predicted molar refractivity (Wildman–Crippen MR) is 130 cm³/mol. The number of nitrogens with zero attached hydrogens (tertiary/aromatic N) is 3. The number of nitrogens with one attached hydrogen (secondary N) is 1. The molecular weight excluding hydrogens is 504 g/mol. The van der Waals surface area contributed by atoms with Crippen LogP contribution >= 0.6 is 22.9 Å². The van der Waals surface area contributed by atoms with E-state index in [1.165, 1.54) is 17.7 Å². The number of aryl methyl sites for hydroxylation is 2. The van der Waals surface area contributed by atoms with Crippen LogP contribution in [0.4, 0.5) is 5.69 Å². The van der Waals surface area contributed by atoms with Crippen LogP contribution in [0.1, 0.15) is 10.4 Å². The fraction of sp³-hybridized carbons (Fsp3) is 0.381. The number of fused-ring (bicyclic) bond motifs is 1. The molecule has 34 heavy (non-hydrogen) atoms. The lowest BCUT2D eigenvalue weighted by Crippen LogP contribution is -2.41. The molecule has 0 spiro atoms. The van der Waals surface area contributed by atoms with Crippen LogP contribution in [0.25, 0.3) is 10.2 Å². The third-order valence-electron chi connectivity index (χ3n) is 5.44. The van der Waals surface area contributed by atoms with Gasteiger partial charge in [0.05, 0.1) is 37.7 Å². The van der Waals surface area contributed by atoms with Gasteiger partial charge in [0.1, 0.15) is 22.0 Å². The number of hydrogen-bond donors (Lipinski definition) is 1. The molecule has 3 heterocycles. The van der Waals surface area contributed by atoms with Crippen LogP contribution < -0.4 is 15.6 Å². The van der Waals surface area contributed by atoms with Crippen LogP contribution in [0.15, 0.2) is 28.2 Å². The first-order chi connectivity index (χ1) is 16.1. The van der Waals surface area contributed by atoms with E-state index in [0.717, 1.165) is 21.5 Å². The zero-order chi connectivity index (χ0) is 24.6. The molecular formula is C21H23ClN4O6S2. The molecule has 1 fully saturated rings. The van der Waals surface area contributed by atoms with E-state index >= 15 is 0 Å². The molecule has 13 heteroatoms. The van der Waals surface area contributed by atoms with Gasteiger partial charge in [-0.2, -0.15) is 4.31 Å². The van der Waals surface area contributed by atoms with E-state index in [9.17, 15) is 18.0 Å². The second-order valence-corrected chi connectivity index (χ2v) is 11.2. The van der Waals surface area contributed by atoms with Gasteiger partial charge >= 0.3 is 0 Å². The topological polar surface area (TPSA) is 120 Å². The first-order valence-electron chi connectivity index (χ1n) is 10.3. The molecule has 182 valence electrons. The minimum atomic E-state index is -3.93. The SMILES string of the molecule is COc1cc(Cl)c(C)cc1NC(=O)Cn1cnc2sc(C)c(S(=O)(=O)N3CCOCC3)c2c1=O. The number of carbonyl (C=O) groups excluding carboxylic acids is 1. The molecule has 1 aromatic carbocycles. The van der Waals surface area contributed by atoms with Gasteiger partial charge in [-0.15, -0.1) is 11.3 Å². The van der Waals surface area contributed by atoms with E-state index in [1.807, 2.05) is 0 Å². The fourth-order valence-corrected chi connectivity index (χ4v) is 6.96. The highest BCUT2D eigenvalue weighted by molar-refractivity contribution is 7.89. The number of sulfonamides is 1. The number of carbonyl (C=O) groups is 1. The maximum Gasteiger partial charge on any atom is 0.263 e. The predicted octanol–water partition coefficient (Wildman–Crippen LogP) is 2.40. The Balaban J connectivity index is 1.68. The van der Waals surface area contributed by atoms with E-state index in [2.05, 4.69) is 10.3 Å². The van der Waals surface area contributed by atoms with E-state index < -0.39 is 21.5 Å². The maximum atomic E-state index is 13.3. The van der Waals surface area contributed by atoms with Crippen molar-refractivity contribution in [2.24, 2.45) is 0 Å². The third-order valence-corrected chi connectivity index (χ3v) is 9.06. The second-order valence-electron chi connectivity index (χ2n) is 7.71. The normalized spacial score (nSPS) is 14.9. The van der Waals surface area contributed by atoms with Crippen LogP contribution in [-0.2, 0) is 26.1 Å². The molecule has 0 radical (unpaired) electrons. The Bertz CT molecular complexity index is 1430. The number of rotatable bonds is 6. The Morgan fingerprint density at radius 3 is 2.68 bits per heavy atom. The first kappa shape index (κ1) is 24.6. The molecule has 0 atom stereocenters. The lowest BCUT2D eigenvalue weighted by atomic mass is 10.2. The highest BCUT2D eigenvalue weighted by Crippen LogP contribution is 2.33. The van der Waals surface area contributed by atoms with Crippen molar-refractivity contribution in [3.05, 3.63) is 44.3 Å². The highest BCUT2D eigenvalue weighted by Gasteiger charge is 2.32. The quantitative estimate of drug-likeness (QED) is 0.523. The average Bonchev–Trinajstić information content (AvgIpc) is 3.16. The highest BCUT2D eigenvalue weighted by atomic mass is 35.5. The second kappa shape index (κ2) is 9.62. The Morgan fingerprint density at radius 2 is 2.00 bits per heavy atom. The molecule has 1 amide bonds. The van der Waals surface area contributed by atoms with Crippen LogP contribution in [0.5, 0.6) is 5.75 Å². The third kappa shape index (κ3) is 4.56. The number of anilines is 1. The molecule has 0 saturated carbocycles. The average molecular weight is 527 g/mol. The Morgan fingerprint density at radius 1 is 1.29 bits per heavy atom. The summed E-state index contributed by atoms with van der Waals surface area (Å²) in [4.78, 5) is 31.0. The van der Waals surface area contributed by atoms with Gasteiger partial charge < -0.3 is 14.8 Å². The van der Waals surface area contributed by atoms with Crippen LogP contribution in [0, 0.1) is 13.8 Å². The Hall–Kier alpha value is -2.51. The molecule has 0 bridgehead atoms. The van der Waals surface area contributed by atoms with Crippen molar-refractivity contribution in [2.45, 2.75) is 25.3 Å². The summed E-state index contributed by atoms with van der Waals surface area (Å²) in [6.45, 7) is 4.06. The van der Waals surface area contributed by atoms with Gasteiger partial charge in [0.25, 0.3) is 5.56 Å². The van der Waals surface area contributed by atoms with Gasteiger partial charge in [0.15, 0.2) is 0 Å². The molecule has 0 unspecified atom stereocenters. The number of amides is 1. The molecule has 0 aliphatic carbocycles. The van der Waals surface area contributed by atoms with E-state index in [-0.39, 0.29) is 43.1 Å². The number of aromatic nitrogens is 2. The number of hydrogen-bond acceptors (Lipinski definition) is 8. The first-order valence-corrected chi connectivity index (χ1v) is 13.0. The zero-order valence-corrected chi connectivity index (χ0v) is 21.1. The summed E-state index contributed by atoms with van der Waals surface area (Å²) >= 11 is 7.24. The van der Waals surface area contributed by atoms with Gasteiger partial charge in [0.2, 0.25) is 15.9 Å². The summed E-state index contributed by atoms with van der Waals surface area (Å²) in [5, 5.41) is 3.19. The van der Waals surface area contributed by atoms with E-state index in [4.69, 9.17) is 21.1 Å². The van der Waals surface area contributed by atoms with Crippen molar-refractivity contribution >= 4 is 54.8 Å². The molecule has 1 saturated heterocycles. The number of ether oxygens (including phenoxy) is 2. The van der Waals surface area contributed by atoms with Crippen molar-refractivity contribution in [2.75, 3.05) is 38.7 Å². The molecule has 1 N–H and O–H groups in total. The van der Waals surface area contributed by atoms with Crippen molar-refractivity contribution in [3.8, 4) is 5.75 Å². The zero-order valence-electron chi connectivity index (χ0n) is 18.8. The summed E-state index contributed by atoms with van der Waals surface area (Å²) in [6.07, 6.45) is 1.25. The molecule has 3 aromatic rings. The molecule has 4 rings (SSSR count). The molecule has 2 aromatic heterocycles. The fourth-order valence-electron chi connectivity index (χ4n) is 3.73. The maximum absolute atomic E-state index is 13.3. The largest absolute Gasteiger partial charge is 0.495 e. The lowest BCUT2D eigenvalue weighted by molar-refractivity contribution is -0.116. The Labute approximate surface area is 205 Å². The van der Waals surface area contributed by atoms with Crippen molar-refractivity contribution < 1.29 is 22.7 Å². The van der Waals surface area contributed by atoms with E-state index in [1.54, 1.807) is 26.0 Å². The van der Waals surface area contributed by atoms with Crippen molar-refractivity contribution in [1.82, 2.24) is 13.9 Å². The monoisotopic (exact) mass is 526 g/mol. The van der Waals surface area contributed by atoms with Gasteiger partial charge in [0, 0.05) is 29.1 Å². The Kier molecular flexibility index (Phi) is 6.97. The van der Waals surface area contributed by atoms with Gasteiger partial charge in [-0.25, -0.2) is 13.4 Å². The summed E-state index contributed by atoms with van der Waals surface area (Å²) in [5.41, 5.74) is 0.541. The van der Waals surface area contributed by atoms with Crippen molar-refractivity contribution in [3.63, 3.8) is 0 Å².